The highest BCUT2D eigenvalue weighted by molar-refractivity contribution is 7.92. The van der Waals surface area contributed by atoms with Crippen LogP contribution in [0.25, 0.3) is 11.0 Å². The van der Waals surface area contributed by atoms with Crippen LogP contribution < -0.4 is 9.46 Å². The van der Waals surface area contributed by atoms with Crippen molar-refractivity contribution in [2.45, 2.75) is 4.90 Å². The number of halogens is 1. The molecule has 2 aromatic heterocycles. The van der Waals surface area contributed by atoms with Gasteiger partial charge in [0.25, 0.3) is 10.0 Å². The molecular formula is C21H15ClN4O3S. The minimum absolute atomic E-state index is 0.0833. The van der Waals surface area contributed by atoms with Crippen molar-refractivity contribution in [2.75, 3.05) is 11.8 Å². The van der Waals surface area contributed by atoms with E-state index >= 15 is 0 Å². The maximum atomic E-state index is 12.6. The fraction of sp³-hybridized carbons (Fsp3) is 0.0476. The largest absolute Gasteiger partial charge is 0.479 e. The van der Waals surface area contributed by atoms with E-state index in [1.807, 2.05) is 6.07 Å². The average molecular weight is 439 g/mol. The van der Waals surface area contributed by atoms with Gasteiger partial charge >= 0.3 is 0 Å². The van der Waals surface area contributed by atoms with Crippen LogP contribution >= 0.6 is 11.6 Å². The number of aromatic amines is 1. The number of methoxy groups -OCH3 is 1. The Morgan fingerprint density at radius 1 is 1.07 bits per heavy atom. The number of fused-ring (bicyclic) bond motifs is 1. The second kappa shape index (κ2) is 8.06. The molecule has 30 heavy (non-hydrogen) atoms. The van der Waals surface area contributed by atoms with Crippen LogP contribution in [0.4, 0.5) is 5.69 Å². The molecule has 4 rings (SSSR count). The van der Waals surface area contributed by atoms with Gasteiger partial charge in [-0.25, -0.2) is 13.4 Å². The van der Waals surface area contributed by atoms with E-state index in [9.17, 15) is 8.42 Å². The SMILES string of the molecule is COc1n[nH]c2ncc(C#Cc3cccc(NS(=O)(=O)c4cccc(Cl)c4)c3)cc12. The third-order valence-corrected chi connectivity index (χ3v) is 5.76. The monoisotopic (exact) mass is 438 g/mol. The maximum Gasteiger partial charge on any atom is 0.261 e. The highest BCUT2D eigenvalue weighted by Crippen LogP contribution is 2.22. The Balaban J connectivity index is 1.59. The van der Waals surface area contributed by atoms with Crippen molar-refractivity contribution in [3.63, 3.8) is 0 Å². The number of ether oxygens (including phenoxy) is 1. The van der Waals surface area contributed by atoms with Gasteiger partial charge in [-0.1, -0.05) is 35.6 Å². The van der Waals surface area contributed by atoms with Crippen LogP contribution in [-0.2, 0) is 10.0 Å². The smallest absolute Gasteiger partial charge is 0.261 e. The summed E-state index contributed by atoms with van der Waals surface area (Å²) in [5, 5.41) is 7.87. The molecule has 7 nitrogen and oxygen atoms in total. The zero-order valence-electron chi connectivity index (χ0n) is 15.7. The van der Waals surface area contributed by atoms with Crippen LogP contribution in [0.5, 0.6) is 5.88 Å². The fourth-order valence-electron chi connectivity index (χ4n) is 2.76. The molecule has 4 aromatic rings. The molecule has 0 atom stereocenters. The molecule has 0 unspecified atom stereocenters. The number of nitrogens with one attached hydrogen (secondary N) is 2. The van der Waals surface area contributed by atoms with Crippen LogP contribution in [0.2, 0.25) is 5.02 Å². The Morgan fingerprint density at radius 2 is 1.87 bits per heavy atom. The zero-order chi connectivity index (χ0) is 21.1. The van der Waals surface area contributed by atoms with Crippen molar-refractivity contribution in [2.24, 2.45) is 0 Å². The molecule has 0 spiro atoms. The molecule has 0 amide bonds. The lowest BCUT2D eigenvalue weighted by atomic mass is 10.2. The molecule has 2 heterocycles. The number of aromatic nitrogens is 3. The van der Waals surface area contributed by atoms with Crippen LogP contribution in [0, 0.1) is 11.8 Å². The molecule has 2 N–H and O–H groups in total. The molecule has 0 fully saturated rings. The molecule has 0 aliphatic heterocycles. The summed E-state index contributed by atoms with van der Waals surface area (Å²) in [5.41, 5.74) is 2.31. The van der Waals surface area contributed by atoms with E-state index in [4.69, 9.17) is 16.3 Å². The van der Waals surface area contributed by atoms with Crippen LogP contribution in [0.15, 0.2) is 65.7 Å². The normalized spacial score (nSPS) is 11.0. The molecule has 2 aromatic carbocycles. The number of H-pyrrole nitrogens is 1. The molecule has 9 heteroatoms. The minimum Gasteiger partial charge on any atom is -0.479 e. The number of nitrogens with zero attached hydrogens (tertiary/aromatic N) is 2. The van der Waals surface area contributed by atoms with Gasteiger partial charge in [-0.05, 0) is 42.5 Å². The van der Waals surface area contributed by atoms with Gasteiger partial charge in [-0.15, -0.1) is 5.10 Å². The first-order valence-corrected chi connectivity index (χ1v) is 10.6. The molecule has 150 valence electrons. The first-order chi connectivity index (χ1) is 14.4. The molecular weight excluding hydrogens is 424 g/mol. The minimum atomic E-state index is -3.76. The van der Waals surface area contributed by atoms with Gasteiger partial charge in [0.2, 0.25) is 5.88 Å². The van der Waals surface area contributed by atoms with Crippen molar-refractivity contribution in [1.29, 1.82) is 0 Å². The first kappa shape index (κ1) is 19.8. The van der Waals surface area contributed by atoms with Gasteiger partial charge in [-0.2, -0.15) is 0 Å². The van der Waals surface area contributed by atoms with Gasteiger partial charge in [-0.3, -0.25) is 9.82 Å². The van der Waals surface area contributed by atoms with E-state index in [0.29, 0.717) is 33.4 Å². The quantitative estimate of drug-likeness (QED) is 0.472. The summed E-state index contributed by atoms with van der Waals surface area (Å²) < 4.78 is 32.9. The molecule has 0 aliphatic carbocycles. The average Bonchev–Trinajstić information content (AvgIpc) is 3.14. The Bertz CT molecular complexity index is 1400. The van der Waals surface area contributed by atoms with E-state index < -0.39 is 10.0 Å². The summed E-state index contributed by atoms with van der Waals surface area (Å²) in [5.74, 6) is 6.48. The van der Waals surface area contributed by atoms with Gasteiger partial charge in [0.15, 0.2) is 5.65 Å². The Kier molecular flexibility index (Phi) is 5.31. The van der Waals surface area contributed by atoms with Crippen molar-refractivity contribution in [1.82, 2.24) is 15.2 Å². The summed E-state index contributed by atoms with van der Waals surface area (Å²) >= 11 is 5.90. The second-order valence-electron chi connectivity index (χ2n) is 6.25. The topological polar surface area (TPSA) is 97.0 Å². The van der Waals surface area contributed by atoms with Crippen molar-refractivity contribution >= 4 is 38.3 Å². The summed E-state index contributed by atoms with van der Waals surface area (Å²) in [6.07, 6.45) is 1.62. The molecule has 0 saturated carbocycles. The molecule has 0 aliphatic rings. The number of hydrogen-bond donors (Lipinski definition) is 2. The third-order valence-electron chi connectivity index (χ3n) is 4.15. The van der Waals surface area contributed by atoms with Gasteiger partial charge < -0.3 is 4.74 Å². The van der Waals surface area contributed by atoms with E-state index in [-0.39, 0.29) is 4.90 Å². The van der Waals surface area contributed by atoms with Crippen LogP contribution in [0.3, 0.4) is 0 Å². The Labute approximate surface area is 178 Å². The molecule has 0 radical (unpaired) electrons. The summed E-state index contributed by atoms with van der Waals surface area (Å²) in [7, 11) is -2.23. The van der Waals surface area contributed by atoms with Crippen LogP contribution in [-0.4, -0.2) is 30.7 Å². The summed E-state index contributed by atoms with van der Waals surface area (Å²) in [4.78, 5) is 4.35. The predicted octanol–water partition coefficient (Wildman–Crippen LogP) is 3.82. The lowest BCUT2D eigenvalue weighted by molar-refractivity contribution is 0.401. The number of anilines is 1. The first-order valence-electron chi connectivity index (χ1n) is 8.73. The second-order valence-corrected chi connectivity index (χ2v) is 8.37. The van der Waals surface area contributed by atoms with Gasteiger partial charge in [0, 0.05) is 22.3 Å². The third kappa shape index (κ3) is 4.22. The van der Waals surface area contributed by atoms with Crippen molar-refractivity contribution in [3.8, 4) is 17.7 Å². The summed E-state index contributed by atoms with van der Waals surface area (Å²) in [6, 6.07) is 14.7. The Hall–Kier alpha value is -3.54. The van der Waals surface area contributed by atoms with E-state index in [0.717, 1.165) is 5.39 Å². The lowest BCUT2D eigenvalue weighted by Crippen LogP contribution is -2.12. The predicted molar refractivity (Wildman–Crippen MR) is 115 cm³/mol. The van der Waals surface area contributed by atoms with Gasteiger partial charge in [0.05, 0.1) is 23.1 Å². The van der Waals surface area contributed by atoms with E-state index in [1.165, 1.54) is 19.2 Å². The highest BCUT2D eigenvalue weighted by atomic mass is 35.5. The molecule has 0 saturated heterocycles. The van der Waals surface area contributed by atoms with Crippen molar-refractivity contribution in [3.05, 3.63) is 76.9 Å². The maximum absolute atomic E-state index is 12.6. The number of benzene rings is 2. The fourth-order valence-corrected chi connectivity index (χ4v) is 4.11. The van der Waals surface area contributed by atoms with Gasteiger partial charge in [0.1, 0.15) is 0 Å². The number of pyridine rings is 1. The highest BCUT2D eigenvalue weighted by Gasteiger charge is 2.14. The van der Waals surface area contributed by atoms with E-state index in [2.05, 4.69) is 31.7 Å². The number of rotatable bonds is 4. The number of hydrogen-bond acceptors (Lipinski definition) is 5. The van der Waals surface area contributed by atoms with Crippen molar-refractivity contribution < 1.29 is 13.2 Å². The zero-order valence-corrected chi connectivity index (χ0v) is 17.3. The standard InChI is InChI=1S/C21H15ClN4O3S/c1-29-21-19-11-15(13-23-20(19)24-25-21)9-8-14-4-2-6-17(10-14)26-30(27,28)18-7-3-5-16(22)12-18/h2-7,10-13,26H,1H3,(H,23,24,25). The lowest BCUT2D eigenvalue weighted by Gasteiger charge is -2.08. The molecule has 0 bridgehead atoms. The summed E-state index contributed by atoms with van der Waals surface area (Å²) in [6.45, 7) is 0. The van der Waals surface area contributed by atoms with Crippen LogP contribution in [0.1, 0.15) is 11.1 Å². The van der Waals surface area contributed by atoms with E-state index in [1.54, 1.807) is 42.6 Å². The Morgan fingerprint density at radius 3 is 2.67 bits per heavy atom. The number of sulfonamides is 1.